The lowest BCUT2D eigenvalue weighted by Gasteiger charge is -2.09. The molecule has 0 atom stereocenters. The van der Waals surface area contributed by atoms with E-state index >= 15 is 0 Å². The van der Waals surface area contributed by atoms with Gasteiger partial charge in [0.2, 0.25) is 0 Å². The smallest absolute Gasteiger partial charge is 0.343 e. The van der Waals surface area contributed by atoms with Crippen LogP contribution in [0.4, 0.5) is 0 Å². The maximum Gasteiger partial charge on any atom is 0.343 e. The molecule has 2 rings (SSSR count). The second-order valence-electron chi connectivity index (χ2n) is 4.63. The van der Waals surface area contributed by atoms with Crippen LogP contribution in [0.5, 0.6) is 5.75 Å². The number of halogens is 1. The van der Waals surface area contributed by atoms with Gasteiger partial charge in [-0.25, -0.2) is 14.4 Å². The first-order valence-corrected chi connectivity index (χ1v) is 7.12. The number of hydrogen-bond donors (Lipinski definition) is 0. The van der Waals surface area contributed by atoms with Crippen LogP contribution < -0.4 is 4.74 Å². The number of methoxy groups -OCH3 is 2. The fourth-order valence-electron chi connectivity index (χ4n) is 1.88. The van der Waals surface area contributed by atoms with Gasteiger partial charge in [-0.05, 0) is 42.5 Å². The average Bonchev–Trinajstić information content (AvgIpc) is 2.60. The molecule has 0 heterocycles. The fraction of sp³-hybridized carbons (Fsp3) is 0.118. The first-order valence-electron chi connectivity index (χ1n) is 6.74. The molecule has 2 aromatic rings. The molecule has 0 fully saturated rings. The van der Waals surface area contributed by atoms with Crippen molar-refractivity contribution >= 4 is 29.5 Å². The number of carbonyl (C=O) groups excluding carboxylic acids is 3. The minimum atomic E-state index is -0.676. The third-order valence-electron chi connectivity index (χ3n) is 3.04. The number of rotatable bonds is 4. The third kappa shape index (κ3) is 4.11. The highest BCUT2D eigenvalue weighted by molar-refractivity contribution is 6.30. The van der Waals surface area contributed by atoms with Crippen molar-refractivity contribution in [3.8, 4) is 5.75 Å². The Balaban J connectivity index is 2.34. The van der Waals surface area contributed by atoms with Gasteiger partial charge in [0.15, 0.2) is 0 Å². The molecule has 0 unspecified atom stereocenters. The SMILES string of the molecule is COC(=O)c1cc(OC(=O)c2ccc(Cl)cc2)cc(C(=O)OC)c1. The molecule has 0 bridgehead atoms. The van der Waals surface area contributed by atoms with Crippen LogP contribution in [0.1, 0.15) is 31.1 Å². The molecule has 0 aliphatic heterocycles. The second-order valence-corrected chi connectivity index (χ2v) is 5.06. The van der Waals surface area contributed by atoms with Crippen molar-refractivity contribution in [2.45, 2.75) is 0 Å². The minimum Gasteiger partial charge on any atom is -0.465 e. The Morgan fingerprint density at radius 3 is 1.71 bits per heavy atom. The molecule has 0 saturated carbocycles. The van der Waals surface area contributed by atoms with Crippen molar-refractivity contribution in [3.05, 3.63) is 64.2 Å². The normalized spacial score (nSPS) is 9.96. The van der Waals surface area contributed by atoms with Crippen LogP contribution in [-0.2, 0) is 9.47 Å². The Morgan fingerprint density at radius 1 is 0.750 bits per heavy atom. The molecule has 0 radical (unpaired) electrons. The molecule has 0 aliphatic rings. The summed E-state index contributed by atoms with van der Waals surface area (Å²) in [4.78, 5) is 35.5. The van der Waals surface area contributed by atoms with Crippen LogP contribution in [0.3, 0.4) is 0 Å². The van der Waals surface area contributed by atoms with Gasteiger partial charge in [0.05, 0.1) is 30.9 Å². The van der Waals surface area contributed by atoms with Gasteiger partial charge in [0, 0.05) is 5.02 Å². The van der Waals surface area contributed by atoms with Gasteiger partial charge in [0.1, 0.15) is 5.75 Å². The zero-order valence-corrected chi connectivity index (χ0v) is 13.6. The van der Waals surface area contributed by atoms with Crippen molar-refractivity contribution in [2.24, 2.45) is 0 Å². The highest BCUT2D eigenvalue weighted by Crippen LogP contribution is 2.21. The summed E-state index contributed by atoms with van der Waals surface area (Å²) in [5.41, 5.74) is 0.376. The molecule has 6 nitrogen and oxygen atoms in total. The van der Waals surface area contributed by atoms with E-state index in [9.17, 15) is 14.4 Å². The summed E-state index contributed by atoms with van der Waals surface area (Å²) < 4.78 is 14.4. The first-order chi connectivity index (χ1) is 11.4. The van der Waals surface area contributed by atoms with Crippen LogP contribution in [0, 0.1) is 0 Å². The summed E-state index contributed by atoms with van der Waals surface area (Å²) in [5.74, 6) is -2.00. The number of benzene rings is 2. The molecule has 0 spiro atoms. The predicted molar refractivity (Wildman–Crippen MR) is 85.5 cm³/mol. The Hall–Kier alpha value is -2.86. The maximum absolute atomic E-state index is 12.1. The lowest BCUT2D eigenvalue weighted by Crippen LogP contribution is -2.11. The fourth-order valence-corrected chi connectivity index (χ4v) is 2.01. The Kier molecular flexibility index (Phi) is 5.55. The van der Waals surface area contributed by atoms with Gasteiger partial charge in [-0.15, -0.1) is 0 Å². The quantitative estimate of drug-likeness (QED) is 0.624. The van der Waals surface area contributed by atoms with E-state index in [4.69, 9.17) is 16.3 Å². The van der Waals surface area contributed by atoms with Crippen LogP contribution in [0.2, 0.25) is 5.02 Å². The molecule has 2 aromatic carbocycles. The summed E-state index contributed by atoms with van der Waals surface area (Å²) in [5, 5.41) is 0.479. The van der Waals surface area contributed by atoms with E-state index in [1.165, 1.54) is 44.6 Å². The summed E-state index contributed by atoms with van der Waals surface area (Å²) in [6.07, 6.45) is 0. The topological polar surface area (TPSA) is 78.9 Å². The largest absolute Gasteiger partial charge is 0.465 e. The van der Waals surface area contributed by atoms with E-state index in [0.717, 1.165) is 0 Å². The molecule has 0 aromatic heterocycles. The summed E-state index contributed by atoms with van der Waals surface area (Å²) in [6, 6.07) is 9.97. The Bertz CT molecular complexity index is 748. The highest BCUT2D eigenvalue weighted by atomic mass is 35.5. The maximum atomic E-state index is 12.1. The molecule has 0 aliphatic carbocycles. The lowest BCUT2D eigenvalue weighted by molar-refractivity contribution is 0.0593. The first kappa shape index (κ1) is 17.5. The Morgan fingerprint density at radius 2 is 1.25 bits per heavy atom. The lowest BCUT2D eigenvalue weighted by atomic mass is 10.1. The van der Waals surface area contributed by atoms with Gasteiger partial charge >= 0.3 is 17.9 Å². The minimum absolute atomic E-state index is 0.0123. The number of esters is 3. The molecular weight excluding hydrogens is 336 g/mol. The molecule has 0 saturated heterocycles. The monoisotopic (exact) mass is 348 g/mol. The van der Waals surface area contributed by atoms with Crippen LogP contribution in [0.15, 0.2) is 42.5 Å². The van der Waals surface area contributed by atoms with E-state index in [1.54, 1.807) is 12.1 Å². The van der Waals surface area contributed by atoms with E-state index in [2.05, 4.69) is 9.47 Å². The number of hydrogen-bond acceptors (Lipinski definition) is 6. The number of ether oxygens (including phenoxy) is 3. The zero-order chi connectivity index (χ0) is 17.7. The van der Waals surface area contributed by atoms with Crippen LogP contribution in [-0.4, -0.2) is 32.1 Å². The predicted octanol–water partition coefficient (Wildman–Crippen LogP) is 3.13. The van der Waals surface area contributed by atoms with E-state index in [1.807, 2.05) is 0 Å². The van der Waals surface area contributed by atoms with Crippen molar-refractivity contribution in [1.29, 1.82) is 0 Å². The average molecular weight is 349 g/mol. The van der Waals surface area contributed by atoms with Crippen LogP contribution >= 0.6 is 11.6 Å². The van der Waals surface area contributed by atoms with Crippen molar-refractivity contribution < 1.29 is 28.6 Å². The third-order valence-corrected chi connectivity index (χ3v) is 3.29. The molecule has 24 heavy (non-hydrogen) atoms. The zero-order valence-electron chi connectivity index (χ0n) is 12.9. The van der Waals surface area contributed by atoms with E-state index < -0.39 is 17.9 Å². The molecular formula is C17H13ClO6. The molecule has 124 valence electrons. The van der Waals surface area contributed by atoms with Crippen molar-refractivity contribution in [2.75, 3.05) is 14.2 Å². The molecule has 0 N–H and O–H groups in total. The van der Waals surface area contributed by atoms with Gasteiger partial charge in [0.25, 0.3) is 0 Å². The summed E-state index contributed by atoms with van der Waals surface area (Å²) in [6.45, 7) is 0. The summed E-state index contributed by atoms with van der Waals surface area (Å²) in [7, 11) is 2.40. The molecule has 0 amide bonds. The summed E-state index contributed by atoms with van der Waals surface area (Å²) >= 11 is 5.76. The van der Waals surface area contributed by atoms with Crippen molar-refractivity contribution in [3.63, 3.8) is 0 Å². The highest BCUT2D eigenvalue weighted by Gasteiger charge is 2.16. The van der Waals surface area contributed by atoms with Gasteiger partial charge in [-0.2, -0.15) is 0 Å². The Labute approximate surface area is 142 Å². The van der Waals surface area contributed by atoms with Crippen LogP contribution in [0.25, 0.3) is 0 Å². The second kappa shape index (κ2) is 7.61. The van der Waals surface area contributed by atoms with Crippen molar-refractivity contribution in [1.82, 2.24) is 0 Å². The molecule has 7 heteroatoms. The van der Waals surface area contributed by atoms with E-state index in [-0.39, 0.29) is 22.4 Å². The van der Waals surface area contributed by atoms with Gasteiger partial charge in [-0.3, -0.25) is 0 Å². The van der Waals surface area contributed by atoms with Gasteiger partial charge < -0.3 is 14.2 Å². The van der Waals surface area contributed by atoms with Gasteiger partial charge in [-0.1, -0.05) is 11.6 Å². The standard InChI is InChI=1S/C17H13ClO6/c1-22-15(19)11-7-12(16(20)23-2)9-14(8-11)24-17(21)10-3-5-13(18)6-4-10/h3-9H,1-2H3. The van der Waals surface area contributed by atoms with E-state index in [0.29, 0.717) is 5.02 Å². The number of carbonyl (C=O) groups is 3.